The maximum Gasteiger partial charge on any atom is 0.227 e. The molecule has 0 spiro atoms. The highest BCUT2D eigenvalue weighted by Crippen LogP contribution is 2.31. The van der Waals surface area contributed by atoms with E-state index in [1.165, 1.54) is 24.3 Å². The first-order valence-electron chi connectivity index (χ1n) is 7.12. The van der Waals surface area contributed by atoms with E-state index in [4.69, 9.17) is 4.42 Å². The molecule has 2 nitrogen and oxygen atoms in total. The van der Waals surface area contributed by atoms with E-state index < -0.39 is 0 Å². The Morgan fingerprint density at radius 2 is 1.30 bits per heavy atom. The Kier molecular flexibility index (Phi) is 3.15. The summed E-state index contributed by atoms with van der Waals surface area (Å²) in [6.07, 6.45) is 0. The Labute approximate surface area is 131 Å². The highest BCUT2D eigenvalue weighted by atomic mass is 19.1. The van der Waals surface area contributed by atoms with E-state index in [1.54, 1.807) is 24.3 Å². The third-order valence-electron chi connectivity index (χ3n) is 3.67. The van der Waals surface area contributed by atoms with Crippen LogP contribution in [0.15, 0.2) is 71.1 Å². The molecule has 1 heterocycles. The normalized spacial score (nSPS) is 11.0. The molecular weight excluding hydrogens is 296 g/mol. The van der Waals surface area contributed by atoms with Crippen molar-refractivity contribution >= 4 is 11.1 Å². The third kappa shape index (κ3) is 2.48. The molecule has 4 rings (SSSR count). The first-order valence-corrected chi connectivity index (χ1v) is 7.12. The molecule has 4 aromatic rings. The summed E-state index contributed by atoms with van der Waals surface area (Å²) in [5.74, 6) is -0.167. The number of hydrogen-bond acceptors (Lipinski definition) is 2. The van der Waals surface area contributed by atoms with E-state index in [9.17, 15) is 8.78 Å². The summed E-state index contributed by atoms with van der Waals surface area (Å²) >= 11 is 0. The first-order chi connectivity index (χ1) is 11.2. The largest absolute Gasteiger partial charge is 0.436 e. The molecule has 1 aromatic heterocycles. The standard InChI is InChI=1S/C19H11F2NO/c20-14-8-4-12(5-9-14)16-2-1-3-17-18(16)22-19(23-17)13-6-10-15(21)11-7-13/h1-11H. The molecule has 4 heteroatoms. The van der Waals surface area contributed by atoms with E-state index >= 15 is 0 Å². The van der Waals surface area contributed by atoms with Crippen LogP contribution in [0.1, 0.15) is 0 Å². The SMILES string of the molecule is Fc1ccc(-c2nc3c(-c4ccc(F)cc4)cccc3o2)cc1. The van der Waals surface area contributed by atoms with Crippen molar-refractivity contribution in [3.63, 3.8) is 0 Å². The molecule has 3 aromatic carbocycles. The minimum absolute atomic E-state index is 0.284. The number of benzene rings is 3. The van der Waals surface area contributed by atoms with Gasteiger partial charge in [-0.25, -0.2) is 13.8 Å². The molecule has 0 saturated heterocycles. The van der Waals surface area contributed by atoms with E-state index in [2.05, 4.69) is 4.98 Å². The van der Waals surface area contributed by atoms with Gasteiger partial charge in [0.15, 0.2) is 5.58 Å². The molecule has 112 valence electrons. The number of rotatable bonds is 2. The van der Waals surface area contributed by atoms with Crippen molar-refractivity contribution in [2.45, 2.75) is 0 Å². The quantitative estimate of drug-likeness (QED) is 0.493. The number of oxazole rings is 1. The van der Waals surface area contributed by atoms with Gasteiger partial charge in [-0.1, -0.05) is 24.3 Å². The lowest BCUT2D eigenvalue weighted by Gasteiger charge is -2.01. The van der Waals surface area contributed by atoms with Crippen LogP contribution in [0, 0.1) is 11.6 Å². The van der Waals surface area contributed by atoms with Gasteiger partial charge in [0.1, 0.15) is 17.2 Å². The third-order valence-corrected chi connectivity index (χ3v) is 3.67. The zero-order valence-corrected chi connectivity index (χ0v) is 12.0. The molecule has 0 aliphatic heterocycles. The van der Waals surface area contributed by atoms with Crippen LogP contribution in [0.2, 0.25) is 0 Å². The highest BCUT2D eigenvalue weighted by Gasteiger charge is 2.12. The molecule has 0 bridgehead atoms. The van der Waals surface area contributed by atoms with Crippen molar-refractivity contribution in [2.24, 2.45) is 0 Å². The molecule has 0 radical (unpaired) electrons. The molecule has 0 aliphatic rings. The van der Waals surface area contributed by atoms with Crippen LogP contribution in [0.5, 0.6) is 0 Å². The Hall–Kier alpha value is -3.01. The smallest absolute Gasteiger partial charge is 0.227 e. The van der Waals surface area contributed by atoms with E-state index in [1.807, 2.05) is 18.2 Å². The molecular formula is C19H11F2NO. The van der Waals surface area contributed by atoms with Gasteiger partial charge in [0.25, 0.3) is 0 Å². The zero-order chi connectivity index (χ0) is 15.8. The second-order valence-corrected chi connectivity index (χ2v) is 5.19. The van der Waals surface area contributed by atoms with Crippen LogP contribution in [-0.4, -0.2) is 4.98 Å². The molecule has 0 saturated carbocycles. The fourth-order valence-corrected chi connectivity index (χ4v) is 2.53. The Morgan fingerprint density at radius 3 is 1.96 bits per heavy atom. The highest BCUT2D eigenvalue weighted by molar-refractivity contribution is 5.92. The van der Waals surface area contributed by atoms with Crippen molar-refractivity contribution in [3.05, 3.63) is 78.4 Å². The first kappa shape index (κ1) is 13.6. The zero-order valence-electron chi connectivity index (χ0n) is 12.0. The average molecular weight is 307 g/mol. The van der Waals surface area contributed by atoms with Gasteiger partial charge in [0.2, 0.25) is 5.89 Å². The van der Waals surface area contributed by atoms with Gasteiger partial charge >= 0.3 is 0 Å². The predicted octanol–water partition coefficient (Wildman–Crippen LogP) is 5.44. The monoisotopic (exact) mass is 307 g/mol. The van der Waals surface area contributed by atoms with Crippen LogP contribution in [0.25, 0.3) is 33.7 Å². The average Bonchev–Trinajstić information content (AvgIpc) is 3.00. The molecule has 0 atom stereocenters. The van der Waals surface area contributed by atoms with Gasteiger partial charge in [-0.2, -0.15) is 0 Å². The maximum absolute atomic E-state index is 13.1. The van der Waals surface area contributed by atoms with Crippen LogP contribution in [0.4, 0.5) is 8.78 Å². The lowest BCUT2D eigenvalue weighted by atomic mass is 10.0. The molecule has 23 heavy (non-hydrogen) atoms. The number of para-hydroxylation sites is 1. The van der Waals surface area contributed by atoms with Gasteiger partial charge in [0, 0.05) is 11.1 Å². The maximum atomic E-state index is 13.1. The minimum atomic E-state index is -0.308. The number of nitrogens with zero attached hydrogens (tertiary/aromatic N) is 1. The summed E-state index contributed by atoms with van der Waals surface area (Å²) in [4.78, 5) is 4.53. The number of halogens is 2. The Balaban J connectivity index is 1.87. The summed E-state index contributed by atoms with van der Waals surface area (Å²) in [7, 11) is 0. The Bertz CT molecular complexity index is 973. The van der Waals surface area contributed by atoms with Crippen LogP contribution in [0.3, 0.4) is 0 Å². The summed E-state index contributed by atoms with van der Waals surface area (Å²) in [5.41, 5.74) is 3.74. The van der Waals surface area contributed by atoms with Crippen LogP contribution >= 0.6 is 0 Å². The predicted molar refractivity (Wildman–Crippen MR) is 84.8 cm³/mol. The van der Waals surface area contributed by atoms with Gasteiger partial charge in [-0.05, 0) is 48.0 Å². The molecule has 0 unspecified atom stereocenters. The van der Waals surface area contributed by atoms with Crippen molar-refractivity contribution in [1.82, 2.24) is 4.98 Å². The summed E-state index contributed by atoms with van der Waals surface area (Å²) in [6.45, 7) is 0. The van der Waals surface area contributed by atoms with E-state index in [0.717, 1.165) is 11.1 Å². The van der Waals surface area contributed by atoms with Gasteiger partial charge < -0.3 is 4.42 Å². The number of fused-ring (bicyclic) bond motifs is 1. The molecule has 0 amide bonds. The van der Waals surface area contributed by atoms with Crippen molar-refractivity contribution in [3.8, 4) is 22.6 Å². The fourth-order valence-electron chi connectivity index (χ4n) is 2.53. The van der Waals surface area contributed by atoms with Crippen LogP contribution in [-0.2, 0) is 0 Å². The van der Waals surface area contributed by atoms with Gasteiger partial charge in [-0.15, -0.1) is 0 Å². The lowest BCUT2D eigenvalue weighted by Crippen LogP contribution is -1.82. The van der Waals surface area contributed by atoms with Crippen LogP contribution < -0.4 is 0 Å². The molecule has 0 aliphatic carbocycles. The van der Waals surface area contributed by atoms with Crippen molar-refractivity contribution < 1.29 is 13.2 Å². The topological polar surface area (TPSA) is 26.0 Å². The summed E-state index contributed by atoms with van der Waals surface area (Å²) < 4.78 is 31.9. The molecule has 0 N–H and O–H groups in total. The fraction of sp³-hybridized carbons (Fsp3) is 0. The molecule has 0 fully saturated rings. The van der Waals surface area contributed by atoms with E-state index in [-0.39, 0.29) is 11.6 Å². The number of aromatic nitrogens is 1. The summed E-state index contributed by atoms with van der Waals surface area (Å²) in [6, 6.07) is 17.8. The second kappa shape index (κ2) is 5.32. The lowest BCUT2D eigenvalue weighted by molar-refractivity contribution is 0.616. The van der Waals surface area contributed by atoms with Gasteiger partial charge in [-0.3, -0.25) is 0 Å². The summed E-state index contributed by atoms with van der Waals surface area (Å²) in [5, 5.41) is 0. The Morgan fingerprint density at radius 1 is 0.696 bits per heavy atom. The second-order valence-electron chi connectivity index (χ2n) is 5.19. The van der Waals surface area contributed by atoms with Crippen molar-refractivity contribution in [1.29, 1.82) is 0 Å². The van der Waals surface area contributed by atoms with Gasteiger partial charge in [0.05, 0.1) is 0 Å². The van der Waals surface area contributed by atoms with E-state index in [0.29, 0.717) is 22.6 Å². The van der Waals surface area contributed by atoms with Crippen molar-refractivity contribution in [2.75, 3.05) is 0 Å². The minimum Gasteiger partial charge on any atom is -0.436 e. The number of hydrogen-bond donors (Lipinski definition) is 0.